The summed E-state index contributed by atoms with van der Waals surface area (Å²) < 4.78 is 18.2. The maximum Gasteiger partial charge on any atom is 0.265 e. The first-order chi connectivity index (χ1) is 12.1. The molecule has 0 aliphatic carbocycles. The fourth-order valence-electron chi connectivity index (χ4n) is 2.70. The van der Waals surface area contributed by atoms with Crippen molar-refractivity contribution >= 4 is 17.5 Å². The standard InChI is InChI=1S/C19H19FN2O3/c20-15-8-5-14(6-9-15)7-10-18(23)21-11-12-22-16-3-1-2-4-17(16)25-13-19(22)24/h1-6,8-9H,7,10-13H2,(H,21,23). The van der Waals surface area contributed by atoms with Crippen LogP contribution in [-0.2, 0) is 16.0 Å². The van der Waals surface area contributed by atoms with E-state index in [9.17, 15) is 14.0 Å². The molecule has 0 fully saturated rings. The number of ether oxygens (including phenoxy) is 1. The van der Waals surface area contributed by atoms with Crippen LogP contribution < -0.4 is 15.0 Å². The maximum atomic E-state index is 12.8. The second kappa shape index (κ2) is 7.79. The van der Waals surface area contributed by atoms with Crippen LogP contribution in [0.1, 0.15) is 12.0 Å². The van der Waals surface area contributed by atoms with Crippen molar-refractivity contribution in [1.29, 1.82) is 0 Å². The number of carbonyl (C=O) groups excluding carboxylic acids is 2. The normalized spacial score (nSPS) is 13.2. The van der Waals surface area contributed by atoms with E-state index < -0.39 is 0 Å². The molecule has 0 spiro atoms. The minimum absolute atomic E-state index is 0.00945. The topological polar surface area (TPSA) is 58.6 Å². The molecule has 2 aromatic rings. The first-order valence-corrected chi connectivity index (χ1v) is 8.17. The van der Waals surface area contributed by atoms with Crippen LogP contribution in [-0.4, -0.2) is 31.5 Å². The van der Waals surface area contributed by atoms with Gasteiger partial charge in [-0.25, -0.2) is 4.39 Å². The minimum atomic E-state index is -0.288. The van der Waals surface area contributed by atoms with E-state index in [0.29, 0.717) is 31.7 Å². The molecule has 1 N–H and O–H groups in total. The van der Waals surface area contributed by atoms with Gasteiger partial charge in [0.15, 0.2) is 6.61 Å². The molecule has 0 unspecified atom stereocenters. The third kappa shape index (κ3) is 4.35. The van der Waals surface area contributed by atoms with Crippen LogP contribution in [0.15, 0.2) is 48.5 Å². The molecule has 0 saturated carbocycles. The van der Waals surface area contributed by atoms with Gasteiger partial charge in [-0.2, -0.15) is 0 Å². The Kier molecular flexibility index (Phi) is 5.28. The van der Waals surface area contributed by atoms with E-state index in [4.69, 9.17) is 4.74 Å². The van der Waals surface area contributed by atoms with E-state index >= 15 is 0 Å². The zero-order chi connectivity index (χ0) is 17.6. The average molecular weight is 342 g/mol. The van der Waals surface area contributed by atoms with Crippen LogP contribution in [0.25, 0.3) is 0 Å². The van der Waals surface area contributed by atoms with Crippen molar-refractivity contribution in [2.45, 2.75) is 12.8 Å². The van der Waals surface area contributed by atoms with E-state index in [0.717, 1.165) is 11.3 Å². The Morgan fingerprint density at radius 2 is 1.92 bits per heavy atom. The molecule has 2 amide bonds. The van der Waals surface area contributed by atoms with Crippen LogP contribution in [0.2, 0.25) is 0 Å². The summed E-state index contributed by atoms with van der Waals surface area (Å²) in [7, 11) is 0. The summed E-state index contributed by atoms with van der Waals surface area (Å²) in [6.45, 7) is 0.763. The summed E-state index contributed by atoms with van der Waals surface area (Å²) in [5.41, 5.74) is 1.63. The van der Waals surface area contributed by atoms with Gasteiger partial charge in [-0.15, -0.1) is 0 Å². The first-order valence-electron chi connectivity index (χ1n) is 8.17. The minimum Gasteiger partial charge on any atom is -0.482 e. The fraction of sp³-hybridized carbons (Fsp3) is 0.263. The zero-order valence-electron chi connectivity index (χ0n) is 13.7. The summed E-state index contributed by atoms with van der Waals surface area (Å²) in [4.78, 5) is 25.6. The van der Waals surface area contributed by atoms with Gasteiger partial charge < -0.3 is 15.0 Å². The monoisotopic (exact) mass is 342 g/mol. The summed E-state index contributed by atoms with van der Waals surface area (Å²) in [6, 6.07) is 13.4. The number of carbonyl (C=O) groups is 2. The van der Waals surface area contributed by atoms with Crippen molar-refractivity contribution in [3.8, 4) is 5.75 Å². The van der Waals surface area contributed by atoms with E-state index in [-0.39, 0.29) is 24.2 Å². The lowest BCUT2D eigenvalue weighted by Crippen LogP contribution is -2.43. The van der Waals surface area contributed by atoms with Crippen molar-refractivity contribution in [2.75, 3.05) is 24.6 Å². The van der Waals surface area contributed by atoms with Crippen LogP contribution >= 0.6 is 0 Å². The number of nitrogens with one attached hydrogen (secondary N) is 1. The van der Waals surface area contributed by atoms with Gasteiger partial charge >= 0.3 is 0 Å². The largest absolute Gasteiger partial charge is 0.482 e. The number of anilines is 1. The van der Waals surface area contributed by atoms with Crippen LogP contribution in [0.3, 0.4) is 0 Å². The number of hydrogen-bond acceptors (Lipinski definition) is 3. The average Bonchev–Trinajstić information content (AvgIpc) is 2.63. The van der Waals surface area contributed by atoms with E-state index in [2.05, 4.69) is 5.32 Å². The Labute approximate surface area is 145 Å². The molecular formula is C19H19FN2O3. The summed E-state index contributed by atoms with van der Waals surface area (Å²) in [6.07, 6.45) is 0.866. The molecule has 1 aliphatic rings. The van der Waals surface area contributed by atoms with Crippen molar-refractivity contribution in [3.05, 3.63) is 59.9 Å². The second-order valence-corrected chi connectivity index (χ2v) is 5.78. The van der Waals surface area contributed by atoms with Gasteiger partial charge in [0.1, 0.15) is 11.6 Å². The number of para-hydroxylation sites is 2. The molecule has 130 valence electrons. The van der Waals surface area contributed by atoms with Crippen molar-refractivity contribution < 1.29 is 18.7 Å². The van der Waals surface area contributed by atoms with Gasteiger partial charge in [-0.3, -0.25) is 9.59 Å². The molecular weight excluding hydrogens is 323 g/mol. The van der Waals surface area contributed by atoms with E-state index in [1.165, 1.54) is 12.1 Å². The van der Waals surface area contributed by atoms with Crippen molar-refractivity contribution in [2.24, 2.45) is 0 Å². The molecule has 5 nitrogen and oxygen atoms in total. The molecule has 1 aliphatic heterocycles. The number of benzene rings is 2. The Bertz CT molecular complexity index is 762. The Morgan fingerprint density at radius 3 is 2.72 bits per heavy atom. The highest BCUT2D eigenvalue weighted by Crippen LogP contribution is 2.30. The quantitative estimate of drug-likeness (QED) is 0.876. The van der Waals surface area contributed by atoms with Gasteiger partial charge in [0.2, 0.25) is 5.91 Å². The number of halogens is 1. The highest BCUT2D eigenvalue weighted by atomic mass is 19.1. The SMILES string of the molecule is O=C(CCc1ccc(F)cc1)NCCN1C(=O)COc2ccccc21. The highest BCUT2D eigenvalue weighted by Gasteiger charge is 2.24. The lowest BCUT2D eigenvalue weighted by molar-refractivity contribution is -0.122. The third-order valence-corrected chi connectivity index (χ3v) is 4.02. The number of fused-ring (bicyclic) bond motifs is 1. The highest BCUT2D eigenvalue weighted by molar-refractivity contribution is 5.97. The predicted molar refractivity (Wildman–Crippen MR) is 92.0 cm³/mol. The van der Waals surface area contributed by atoms with Gasteiger partial charge in [-0.1, -0.05) is 24.3 Å². The van der Waals surface area contributed by atoms with Gasteiger partial charge in [-0.05, 0) is 36.2 Å². The smallest absolute Gasteiger partial charge is 0.265 e. The molecule has 6 heteroatoms. The van der Waals surface area contributed by atoms with Gasteiger partial charge in [0, 0.05) is 19.5 Å². The molecule has 0 saturated heterocycles. The van der Waals surface area contributed by atoms with Crippen molar-refractivity contribution in [3.63, 3.8) is 0 Å². The molecule has 1 heterocycles. The van der Waals surface area contributed by atoms with E-state index in [1.54, 1.807) is 17.0 Å². The first kappa shape index (κ1) is 17.0. The van der Waals surface area contributed by atoms with Crippen molar-refractivity contribution in [1.82, 2.24) is 5.32 Å². The van der Waals surface area contributed by atoms with Crippen LogP contribution in [0, 0.1) is 5.82 Å². The second-order valence-electron chi connectivity index (χ2n) is 5.78. The van der Waals surface area contributed by atoms with Gasteiger partial charge in [0.25, 0.3) is 5.91 Å². The number of nitrogens with zero attached hydrogens (tertiary/aromatic N) is 1. The molecule has 0 atom stereocenters. The predicted octanol–water partition coefficient (Wildman–Crippen LogP) is 2.30. The fourth-order valence-corrected chi connectivity index (χ4v) is 2.70. The Balaban J connectivity index is 1.47. The maximum absolute atomic E-state index is 12.8. The van der Waals surface area contributed by atoms with E-state index in [1.807, 2.05) is 24.3 Å². The Morgan fingerprint density at radius 1 is 1.16 bits per heavy atom. The molecule has 3 rings (SSSR count). The molecule has 0 bridgehead atoms. The van der Waals surface area contributed by atoms with Gasteiger partial charge in [0.05, 0.1) is 5.69 Å². The lowest BCUT2D eigenvalue weighted by atomic mass is 10.1. The lowest BCUT2D eigenvalue weighted by Gasteiger charge is -2.29. The number of rotatable bonds is 6. The molecule has 2 aromatic carbocycles. The summed E-state index contributed by atoms with van der Waals surface area (Å²) >= 11 is 0. The number of aryl methyl sites for hydroxylation is 1. The third-order valence-electron chi connectivity index (χ3n) is 4.02. The molecule has 0 aromatic heterocycles. The molecule has 25 heavy (non-hydrogen) atoms. The summed E-state index contributed by atoms with van der Waals surface area (Å²) in [5, 5.41) is 2.82. The molecule has 0 radical (unpaired) electrons. The number of hydrogen-bond donors (Lipinski definition) is 1. The van der Waals surface area contributed by atoms with Crippen LogP contribution in [0.5, 0.6) is 5.75 Å². The van der Waals surface area contributed by atoms with Crippen LogP contribution in [0.4, 0.5) is 10.1 Å². The zero-order valence-corrected chi connectivity index (χ0v) is 13.7. The Hall–Kier alpha value is -2.89. The summed E-state index contributed by atoms with van der Waals surface area (Å²) in [5.74, 6) is 0.158. The number of amides is 2.